The minimum atomic E-state index is -0.898. The average molecular weight is 657 g/mol. The lowest BCUT2D eigenvalue weighted by atomic mass is 10.0. The SMILES string of the molecule is CCCCCCCCCCCCCC(=O)N(C(=O)CCCCCCCCCCCCC)[C@@H](CCCCN)C(=O)OCc1ccccc1. The van der Waals surface area contributed by atoms with Gasteiger partial charge in [-0.2, -0.15) is 0 Å². The summed E-state index contributed by atoms with van der Waals surface area (Å²) in [4.78, 5) is 42.1. The maximum atomic E-state index is 13.7. The summed E-state index contributed by atoms with van der Waals surface area (Å²) in [5.74, 6) is -0.961. The molecule has 0 aliphatic carbocycles. The predicted octanol–water partition coefficient (Wildman–Crippen LogP) is 11.0. The fourth-order valence-electron chi connectivity index (χ4n) is 6.27. The number of nitrogens with zero attached hydrogens (tertiary/aromatic N) is 1. The molecule has 0 saturated heterocycles. The Morgan fingerprint density at radius 3 is 1.38 bits per heavy atom. The van der Waals surface area contributed by atoms with Gasteiger partial charge in [0.15, 0.2) is 0 Å². The molecular weight excluding hydrogens is 584 g/mol. The van der Waals surface area contributed by atoms with E-state index >= 15 is 0 Å². The maximum Gasteiger partial charge on any atom is 0.329 e. The van der Waals surface area contributed by atoms with Gasteiger partial charge in [0, 0.05) is 12.8 Å². The van der Waals surface area contributed by atoms with Crippen molar-refractivity contribution in [3.05, 3.63) is 35.9 Å². The number of amides is 2. The lowest BCUT2D eigenvalue weighted by Crippen LogP contribution is -2.49. The lowest BCUT2D eigenvalue weighted by Gasteiger charge is -2.29. The number of ether oxygens (including phenoxy) is 1. The van der Waals surface area contributed by atoms with Crippen molar-refractivity contribution >= 4 is 17.8 Å². The van der Waals surface area contributed by atoms with Crippen LogP contribution >= 0.6 is 0 Å². The van der Waals surface area contributed by atoms with E-state index in [9.17, 15) is 14.4 Å². The van der Waals surface area contributed by atoms with Gasteiger partial charge in [-0.05, 0) is 44.2 Å². The summed E-state index contributed by atoms with van der Waals surface area (Å²) < 4.78 is 5.71. The first kappa shape index (κ1) is 42.8. The molecule has 0 saturated carbocycles. The van der Waals surface area contributed by atoms with E-state index in [1.54, 1.807) is 0 Å². The Bertz CT molecular complexity index is 853. The van der Waals surface area contributed by atoms with Crippen molar-refractivity contribution in [3.63, 3.8) is 0 Å². The smallest absolute Gasteiger partial charge is 0.329 e. The highest BCUT2D eigenvalue weighted by molar-refractivity contribution is 5.99. The molecule has 0 aliphatic heterocycles. The van der Waals surface area contributed by atoms with Gasteiger partial charge in [-0.1, -0.05) is 173 Å². The molecule has 0 heterocycles. The number of hydrogen-bond acceptors (Lipinski definition) is 5. The van der Waals surface area contributed by atoms with Crippen molar-refractivity contribution in [3.8, 4) is 0 Å². The Morgan fingerprint density at radius 1 is 0.574 bits per heavy atom. The van der Waals surface area contributed by atoms with Gasteiger partial charge in [-0.25, -0.2) is 4.79 Å². The lowest BCUT2D eigenvalue weighted by molar-refractivity contribution is -0.162. The molecule has 47 heavy (non-hydrogen) atoms. The van der Waals surface area contributed by atoms with E-state index in [0.717, 1.165) is 50.5 Å². The maximum absolute atomic E-state index is 13.7. The van der Waals surface area contributed by atoms with Crippen LogP contribution in [0.5, 0.6) is 0 Å². The van der Waals surface area contributed by atoms with Gasteiger partial charge >= 0.3 is 5.97 Å². The molecule has 6 nitrogen and oxygen atoms in total. The number of esters is 1. The van der Waals surface area contributed by atoms with Gasteiger partial charge in [0.2, 0.25) is 11.8 Å². The quantitative estimate of drug-likeness (QED) is 0.0615. The zero-order valence-corrected chi connectivity index (χ0v) is 30.6. The summed E-state index contributed by atoms with van der Waals surface area (Å²) in [5.41, 5.74) is 6.64. The molecule has 0 unspecified atom stereocenters. The van der Waals surface area contributed by atoms with Crippen LogP contribution in [-0.4, -0.2) is 35.3 Å². The van der Waals surface area contributed by atoms with Crippen molar-refractivity contribution in [2.75, 3.05) is 6.54 Å². The molecule has 2 amide bonds. The summed E-state index contributed by atoms with van der Waals surface area (Å²) in [6.45, 7) is 5.13. The van der Waals surface area contributed by atoms with Crippen LogP contribution in [0.2, 0.25) is 0 Å². The number of carbonyl (C=O) groups excluding carboxylic acids is 3. The van der Waals surface area contributed by atoms with Crippen molar-refractivity contribution < 1.29 is 19.1 Å². The van der Waals surface area contributed by atoms with Crippen LogP contribution in [0.1, 0.15) is 193 Å². The monoisotopic (exact) mass is 657 g/mol. The van der Waals surface area contributed by atoms with E-state index in [2.05, 4.69) is 13.8 Å². The fraction of sp³-hybridized carbons (Fsp3) is 0.780. The normalized spacial score (nSPS) is 11.8. The van der Waals surface area contributed by atoms with E-state index in [4.69, 9.17) is 10.5 Å². The first-order chi connectivity index (χ1) is 23.0. The summed E-state index contributed by atoms with van der Waals surface area (Å²) >= 11 is 0. The largest absolute Gasteiger partial charge is 0.459 e. The fourth-order valence-corrected chi connectivity index (χ4v) is 6.27. The van der Waals surface area contributed by atoms with Crippen LogP contribution in [0.4, 0.5) is 0 Å². The topological polar surface area (TPSA) is 89.7 Å². The Morgan fingerprint density at radius 2 is 0.979 bits per heavy atom. The van der Waals surface area contributed by atoms with Crippen molar-refractivity contribution in [1.29, 1.82) is 0 Å². The molecule has 1 rings (SSSR count). The number of hydrogen-bond donors (Lipinski definition) is 1. The zero-order chi connectivity index (χ0) is 34.2. The Kier molecular flexibility index (Phi) is 28.3. The molecule has 1 aromatic carbocycles. The molecule has 1 atom stereocenters. The summed E-state index contributed by atoms with van der Waals surface area (Å²) in [5, 5.41) is 0. The summed E-state index contributed by atoms with van der Waals surface area (Å²) in [6.07, 6.45) is 28.7. The number of benzene rings is 1. The molecule has 0 radical (unpaired) electrons. The molecule has 0 aromatic heterocycles. The number of imide groups is 1. The van der Waals surface area contributed by atoms with E-state index in [1.165, 1.54) is 108 Å². The predicted molar refractivity (Wildman–Crippen MR) is 197 cm³/mol. The van der Waals surface area contributed by atoms with Crippen LogP contribution in [0.3, 0.4) is 0 Å². The zero-order valence-electron chi connectivity index (χ0n) is 30.6. The number of unbranched alkanes of at least 4 members (excludes halogenated alkanes) is 21. The van der Waals surface area contributed by atoms with Gasteiger partial charge in [-0.3, -0.25) is 14.5 Å². The molecule has 6 heteroatoms. The second kappa shape index (κ2) is 31.1. The minimum Gasteiger partial charge on any atom is -0.459 e. The van der Waals surface area contributed by atoms with Crippen LogP contribution < -0.4 is 5.73 Å². The highest BCUT2D eigenvalue weighted by Gasteiger charge is 2.34. The van der Waals surface area contributed by atoms with Crippen molar-refractivity contribution in [2.45, 2.75) is 200 Å². The molecule has 2 N–H and O–H groups in total. The molecule has 0 aliphatic rings. The molecular formula is C41H72N2O4. The third kappa shape index (κ3) is 22.9. The summed E-state index contributed by atoms with van der Waals surface area (Å²) in [7, 11) is 0. The Labute approximate surface area is 289 Å². The van der Waals surface area contributed by atoms with Gasteiger partial charge in [0.25, 0.3) is 0 Å². The van der Waals surface area contributed by atoms with Gasteiger partial charge in [0.05, 0.1) is 0 Å². The second-order valence-corrected chi connectivity index (χ2v) is 13.6. The van der Waals surface area contributed by atoms with Gasteiger partial charge in [0.1, 0.15) is 12.6 Å². The van der Waals surface area contributed by atoms with Crippen LogP contribution in [-0.2, 0) is 25.7 Å². The van der Waals surface area contributed by atoms with E-state index in [-0.39, 0.29) is 18.4 Å². The van der Waals surface area contributed by atoms with Crippen molar-refractivity contribution in [1.82, 2.24) is 4.90 Å². The highest BCUT2D eigenvalue weighted by atomic mass is 16.5. The third-order valence-corrected chi connectivity index (χ3v) is 9.27. The Balaban J connectivity index is 2.69. The standard InChI is InChI=1S/C41H72N2O4/c1-3-5-7-9-11-13-15-17-19-21-26-33-39(44)43(40(45)34-27-22-20-18-16-14-12-10-8-6-4-2)38(32-28-29-35-42)41(46)47-36-37-30-24-23-25-31-37/h23-25,30-31,38H,3-22,26-29,32-36,42H2,1-2H3/t38-/m0/s1. The van der Waals surface area contributed by atoms with E-state index in [0.29, 0.717) is 32.2 Å². The van der Waals surface area contributed by atoms with E-state index < -0.39 is 12.0 Å². The van der Waals surface area contributed by atoms with Gasteiger partial charge in [-0.15, -0.1) is 0 Å². The number of rotatable bonds is 32. The van der Waals surface area contributed by atoms with Crippen LogP contribution in [0.15, 0.2) is 30.3 Å². The Hall–Kier alpha value is -2.21. The first-order valence-corrected chi connectivity index (χ1v) is 19.8. The second-order valence-electron chi connectivity index (χ2n) is 13.6. The molecule has 1 aromatic rings. The third-order valence-electron chi connectivity index (χ3n) is 9.27. The van der Waals surface area contributed by atoms with Crippen LogP contribution in [0, 0.1) is 0 Å². The molecule has 0 fully saturated rings. The van der Waals surface area contributed by atoms with Crippen molar-refractivity contribution in [2.24, 2.45) is 5.73 Å². The average Bonchev–Trinajstić information content (AvgIpc) is 3.08. The van der Waals surface area contributed by atoms with Gasteiger partial charge < -0.3 is 10.5 Å². The number of carbonyl (C=O) groups is 3. The number of nitrogens with two attached hydrogens (primary N) is 1. The van der Waals surface area contributed by atoms with E-state index in [1.807, 2.05) is 30.3 Å². The first-order valence-electron chi connectivity index (χ1n) is 19.8. The minimum absolute atomic E-state index is 0.125. The van der Waals surface area contributed by atoms with Crippen LogP contribution in [0.25, 0.3) is 0 Å². The molecule has 0 spiro atoms. The molecule has 270 valence electrons. The molecule has 0 bridgehead atoms. The summed E-state index contributed by atoms with van der Waals surface area (Å²) in [6, 6.07) is 8.65. The highest BCUT2D eigenvalue weighted by Crippen LogP contribution is 2.20.